The van der Waals surface area contributed by atoms with E-state index in [1.165, 1.54) is 11.3 Å². The maximum absolute atomic E-state index is 13.0. The fourth-order valence-electron chi connectivity index (χ4n) is 3.69. The highest BCUT2D eigenvalue weighted by Gasteiger charge is 2.17. The standard InChI is InChI=1S/C24H31N3O5S/c1-5-9-27(12-17(28)14-32-10-6-2)13-21-25-23(29)22-18(15-33-24(22)26-21)16-7-8-19(30-3)20(11-16)31-4/h6-8,11,15,17,28H,2,5,9-10,12-14H2,1,3-4H3,(H,25,26,29)/t17-/m0/s1. The SMILES string of the molecule is C=CCOC[C@@H](O)CN(CCC)Cc1nc2scc(-c3ccc(OC)c(OC)c3)c2c(=O)[nH]1. The Morgan fingerprint density at radius 3 is 2.79 bits per heavy atom. The summed E-state index contributed by atoms with van der Waals surface area (Å²) in [6.07, 6.45) is 1.93. The minimum Gasteiger partial charge on any atom is -0.493 e. The lowest BCUT2D eigenvalue weighted by atomic mass is 10.1. The number of aliphatic hydroxyl groups is 1. The molecule has 2 heterocycles. The first kappa shape index (κ1) is 24.9. The molecule has 3 rings (SSSR count). The molecule has 0 bridgehead atoms. The van der Waals surface area contributed by atoms with Gasteiger partial charge in [-0.1, -0.05) is 19.1 Å². The van der Waals surface area contributed by atoms with Gasteiger partial charge < -0.3 is 24.3 Å². The number of rotatable bonds is 13. The van der Waals surface area contributed by atoms with Crippen LogP contribution in [0.4, 0.5) is 0 Å². The van der Waals surface area contributed by atoms with Gasteiger partial charge in [-0.2, -0.15) is 0 Å². The number of methoxy groups -OCH3 is 2. The molecule has 9 heteroatoms. The summed E-state index contributed by atoms with van der Waals surface area (Å²) in [5.41, 5.74) is 1.47. The lowest BCUT2D eigenvalue weighted by Crippen LogP contribution is -2.36. The van der Waals surface area contributed by atoms with Crippen molar-refractivity contribution in [2.75, 3.05) is 40.5 Å². The lowest BCUT2D eigenvalue weighted by Gasteiger charge is -2.24. The van der Waals surface area contributed by atoms with Crippen molar-refractivity contribution in [2.45, 2.75) is 26.0 Å². The van der Waals surface area contributed by atoms with Crippen LogP contribution in [0.5, 0.6) is 11.5 Å². The molecule has 1 aromatic carbocycles. The molecule has 0 aliphatic heterocycles. The Kier molecular flexibility index (Phi) is 9.02. The van der Waals surface area contributed by atoms with Gasteiger partial charge in [0, 0.05) is 17.5 Å². The van der Waals surface area contributed by atoms with Crippen LogP contribution in [0.15, 0.2) is 41.0 Å². The Hall–Kier alpha value is -2.72. The van der Waals surface area contributed by atoms with E-state index in [0.717, 1.165) is 24.1 Å². The first-order valence-corrected chi connectivity index (χ1v) is 11.7. The van der Waals surface area contributed by atoms with Crippen molar-refractivity contribution in [3.63, 3.8) is 0 Å². The molecule has 0 fully saturated rings. The highest BCUT2D eigenvalue weighted by Crippen LogP contribution is 2.36. The van der Waals surface area contributed by atoms with Crippen LogP contribution in [-0.4, -0.2) is 66.6 Å². The van der Waals surface area contributed by atoms with E-state index in [2.05, 4.69) is 23.4 Å². The average Bonchev–Trinajstić information content (AvgIpc) is 3.23. The summed E-state index contributed by atoms with van der Waals surface area (Å²) in [7, 11) is 3.17. The summed E-state index contributed by atoms with van der Waals surface area (Å²) in [6.45, 7) is 7.93. The van der Waals surface area contributed by atoms with Crippen molar-refractivity contribution < 1.29 is 19.3 Å². The predicted molar refractivity (Wildman–Crippen MR) is 131 cm³/mol. The first-order chi connectivity index (χ1) is 16.0. The summed E-state index contributed by atoms with van der Waals surface area (Å²) in [5, 5.41) is 12.8. The molecule has 0 aliphatic rings. The van der Waals surface area contributed by atoms with Crippen LogP contribution in [-0.2, 0) is 11.3 Å². The van der Waals surface area contributed by atoms with E-state index in [1.54, 1.807) is 20.3 Å². The van der Waals surface area contributed by atoms with Crippen molar-refractivity contribution in [1.82, 2.24) is 14.9 Å². The number of aromatic amines is 1. The topological polar surface area (TPSA) is 96.9 Å². The molecule has 33 heavy (non-hydrogen) atoms. The number of ether oxygens (including phenoxy) is 3. The second-order valence-electron chi connectivity index (χ2n) is 7.63. The largest absolute Gasteiger partial charge is 0.493 e. The van der Waals surface area contributed by atoms with Crippen molar-refractivity contribution in [1.29, 1.82) is 0 Å². The fraction of sp³-hybridized carbons (Fsp3) is 0.417. The normalized spacial score (nSPS) is 12.3. The number of benzene rings is 1. The molecule has 0 aliphatic carbocycles. The van der Waals surface area contributed by atoms with Gasteiger partial charge in [-0.05, 0) is 30.7 Å². The zero-order chi connectivity index (χ0) is 23.8. The second kappa shape index (κ2) is 11.9. The van der Waals surface area contributed by atoms with Gasteiger partial charge in [-0.25, -0.2) is 4.98 Å². The number of nitrogens with one attached hydrogen (secondary N) is 1. The third-order valence-electron chi connectivity index (χ3n) is 5.12. The Labute approximate surface area is 197 Å². The molecule has 0 amide bonds. The number of hydrogen-bond donors (Lipinski definition) is 2. The maximum Gasteiger partial charge on any atom is 0.260 e. The van der Waals surface area contributed by atoms with Crippen LogP contribution < -0.4 is 15.0 Å². The third-order valence-corrected chi connectivity index (χ3v) is 5.99. The second-order valence-corrected chi connectivity index (χ2v) is 8.49. The number of aliphatic hydroxyl groups excluding tert-OH is 1. The monoisotopic (exact) mass is 473 g/mol. The van der Waals surface area contributed by atoms with Gasteiger partial charge in [0.1, 0.15) is 10.7 Å². The third kappa shape index (κ3) is 6.20. The molecule has 0 saturated heterocycles. The van der Waals surface area contributed by atoms with Gasteiger partial charge in [-0.3, -0.25) is 9.69 Å². The van der Waals surface area contributed by atoms with Crippen molar-refractivity contribution in [3.8, 4) is 22.6 Å². The lowest BCUT2D eigenvalue weighted by molar-refractivity contribution is 0.0241. The smallest absolute Gasteiger partial charge is 0.260 e. The molecule has 0 radical (unpaired) electrons. The number of fused-ring (bicyclic) bond motifs is 1. The first-order valence-electron chi connectivity index (χ1n) is 10.8. The fourth-order valence-corrected chi connectivity index (χ4v) is 4.65. The molecular weight excluding hydrogens is 442 g/mol. The van der Waals surface area contributed by atoms with Crippen LogP contribution in [0.25, 0.3) is 21.3 Å². The molecule has 1 atom stereocenters. The molecule has 2 aromatic heterocycles. The maximum atomic E-state index is 13.0. The van der Waals surface area contributed by atoms with Gasteiger partial charge in [0.2, 0.25) is 0 Å². The van der Waals surface area contributed by atoms with E-state index in [9.17, 15) is 9.90 Å². The summed E-state index contributed by atoms with van der Waals surface area (Å²) in [6, 6.07) is 5.57. The molecule has 0 unspecified atom stereocenters. The summed E-state index contributed by atoms with van der Waals surface area (Å²) >= 11 is 1.43. The number of hydrogen-bond acceptors (Lipinski definition) is 8. The highest BCUT2D eigenvalue weighted by molar-refractivity contribution is 7.17. The van der Waals surface area contributed by atoms with E-state index >= 15 is 0 Å². The number of thiophene rings is 1. The van der Waals surface area contributed by atoms with Gasteiger partial charge in [0.25, 0.3) is 5.56 Å². The molecule has 3 aromatic rings. The van der Waals surface area contributed by atoms with E-state index < -0.39 is 6.10 Å². The molecular formula is C24H31N3O5S. The van der Waals surface area contributed by atoms with Crippen LogP contribution in [0.3, 0.4) is 0 Å². The van der Waals surface area contributed by atoms with Crippen LogP contribution in [0.1, 0.15) is 19.2 Å². The van der Waals surface area contributed by atoms with Gasteiger partial charge in [0.15, 0.2) is 11.5 Å². The van der Waals surface area contributed by atoms with Crippen LogP contribution >= 0.6 is 11.3 Å². The Morgan fingerprint density at radius 2 is 2.09 bits per heavy atom. The highest BCUT2D eigenvalue weighted by atomic mass is 32.1. The zero-order valence-electron chi connectivity index (χ0n) is 19.3. The zero-order valence-corrected chi connectivity index (χ0v) is 20.1. The minimum absolute atomic E-state index is 0.188. The van der Waals surface area contributed by atoms with Gasteiger partial charge >= 0.3 is 0 Å². The molecule has 0 spiro atoms. The summed E-state index contributed by atoms with van der Waals surface area (Å²) < 4.78 is 16.1. The number of H-pyrrole nitrogens is 1. The van der Waals surface area contributed by atoms with Crippen molar-refractivity contribution in [2.24, 2.45) is 0 Å². The van der Waals surface area contributed by atoms with Crippen molar-refractivity contribution in [3.05, 3.63) is 52.4 Å². The van der Waals surface area contributed by atoms with Gasteiger partial charge in [-0.15, -0.1) is 17.9 Å². The summed E-state index contributed by atoms with van der Waals surface area (Å²) in [4.78, 5) is 23.4. The number of nitrogens with zero attached hydrogens (tertiary/aromatic N) is 2. The van der Waals surface area contributed by atoms with Gasteiger partial charge in [0.05, 0.1) is 45.5 Å². The van der Waals surface area contributed by atoms with E-state index in [0.29, 0.717) is 47.2 Å². The number of aromatic nitrogens is 2. The van der Waals surface area contributed by atoms with E-state index in [4.69, 9.17) is 19.2 Å². The average molecular weight is 474 g/mol. The quantitative estimate of drug-likeness (QED) is 0.290. The summed E-state index contributed by atoms with van der Waals surface area (Å²) in [5.74, 6) is 1.80. The molecule has 0 saturated carbocycles. The van der Waals surface area contributed by atoms with Crippen molar-refractivity contribution >= 4 is 21.6 Å². The molecule has 2 N–H and O–H groups in total. The Morgan fingerprint density at radius 1 is 1.30 bits per heavy atom. The minimum atomic E-state index is -0.634. The van der Waals surface area contributed by atoms with E-state index in [1.807, 2.05) is 23.6 Å². The Balaban J connectivity index is 1.84. The molecule has 8 nitrogen and oxygen atoms in total. The van der Waals surface area contributed by atoms with Crippen LogP contribution in [0, 0.1) is 0 Å². The predicted octanol–water partition coefficient (Wildman–Crippen LogP) is 3.44. The molecule has 178 valence electrons. The van der Waals surface area contributed by atoms with Crippen LogP contribution in [0.2, 0.25) is 0 Å². The Bertz CT molecular complexity index is 1130. The van der Waals surface area contributed by atoms with E-state index in [-0.39, 0.29) is 12.2 Å².